The second kappa shape index (κ2) is 9.34. The first-order chi connectivity index (χ1) is 20.6. The second-order valence-corrected chi connectivity index (χ2v) is 10.8. The monoisotopic (exact) mass is 546 g/mol. The van der Waals surface area contributed by atoms with Gasteiger partial charge in [-0.1, -0.05) is 53.6 Å². The fourth-order valence-corrected chi connectivity index (χ4v) is 6.42. The molecule has 0 amide bonds. The van der Waals surface area contributed by atoms with E-state index in [1.807, 2.05) is 49.1 Å². The van der Waals surface area contributed by atoms with Gasteiger partial charge in [0.15, 0.2) is 5.82 Å². The van der Waals surface area contributed by atoms with Gasteiger partial charge in [-0.2, -0.15) is 4.98 Å². The minimum atomic E-state index is 0.0330. The van der Waals surface area contributed by atoms with Crippen LogP contribution in [-0.2, 0) is 0 Å². The SMILES string of the molecule is Cc1cccc(C)c1B1c2cncn2-c2nc(Oc3ccc4c5ccccc5n(-c5ccccn5)c4c3)ccc2N1C. The fourth-order valence-electron chi connectivity index (χ4n) is 6.42. The van der Waals surface area contributed by atoms with Gasteiger partial charge in [-0.3, -0.25) is 9.13 Å². The molecule has 0 bridgehead atoms. The van der Waals surface area contributed by atoms with E-state index >= 15 is 0 Å². The molecule has 8 heteroatoms. The summed E-state index contributed by atoms with van der Waals surface area (Å²) in [5.74, 6) is 2.89. The van der Waals surface area contributed by atoms with Crippen LogP contribution in [0.3, 0.4) is 0 Å². The van der Waals surface area contributed by atoms with Crippen molar-refractivity contribution in [1.29, 1.82) is 0 Å². The molecule has 0 saturated carbocycles. The number of nitrogens with zero attached hydrogens (tertiary/aromatic N) is 6. The van der Waals surface area contributed by atoms with Crippen LogP contribution in [-0.4, -0.2) is 38.0 Å². The maximum Gasteiger partial charge on any atom is 0.343 e. The van der Waals surface area contributed by atoms with Crippen LogP contribution in [0.5, 0.6) is 11.6 Å². The molecule has 5 heterocycles. The zero-order valence-electron chi connectivity index (χ0n) is 23.6. The van der Waals surface area contributed by atoms with Gasteiger partial charge in [0.2, 0.25) is 5.88 Å². The number of aryl methyl sites for hydroxylation is 2. The van der Waals surface area contributed by atoms with Crippen molar-refractivity contribution in [2.45, 2.75) is 13.8 Å². The summed E-state index contributed by atoms with van der Waals surface area (Å²) in [6, 6.07) is 31.0. The third-order valence-corrected chi connectivity index (χ3v) is 8.33. The topological polar surface area (TPSA) is 61.0 Å². The summed E-state index contributed by atoms with van der Waals surface area (Å²) in [4.78, 5) is 16.4. The molecule has 42 heavy (non-hydrogen) atoms. The molecule has 0 aliphatic carbocycles. The highest BCUT2D eigenvalue weighted by Crippen LogP contribution is 2.35. The maximum absolute atomic E-state index is 6.42. The molecule has 1 aliphatic rings. The van der Waals surface area contributed by atoms with Crippen LogP contribution in [0, 0.1) is 13.8 Å². The molecule has 0 unspecified atom stereocenters. The zero-order chi connectivity index (χ0) is 28.4. The van der Waals surface area contributed by atoms with Gasteiger partial charge >= 0.3 is 6.85 Å². The molecule has 0 saturated heterocycles. The number of hydrogen-bond acceptors (Lipinski definition) is 5. The largest absolute Gasteiger partial charge is 0.439 e. The van der Waals surface area contributed by atoms with Gasteiger partial charge in [0.05, 0.1) is 23.0 Å². The number of pyridine rings is 2. The molecule has 1 aliphatic heterocycles. The summed E-state index contributed by atoms with van der Waals surface area (Å²) < 4.78 is 10.7. The summed E-state index contributed by atoms with van der Waals surface area (Å²) in [7, 11) is 2.12. The normalized spacial score (nSPS) is 12.5. The third-order valence-electron chi connectivity index (χ3n) is 8.33. The third kappa shape index (κ3) is 3.65. The minimum absolute atomic E-state index is 0.0330. The Morgan fingerprint density at radius 2 is 1.60 bits per heavy atom. The van der Waals surface area contributed by atoms with Crippen LogP contribution < -0.4 is 20.6 Å². The van der Waals surface area contributed by atoms with Crippen molar-refractivity contribution in [3.8, 4) is 23.3 Å². The lowest BCUT2D eigenvalue weighted by atomic mass is 9.48. The number of imidazole rings is 1. The number of hydrogen-bond donors (Lipinski definition) is 0. The van der Waals surface area contributed by atoms with Gasteiger partial charge in [-0.05, 0) is 62.8 Å². The van der Waals surface area contributed by atoms with Crippen LogP contribution in [0.2, 0.25) is 0 Å². The molecule has 0 spiro atoms. The molecule has 0 atom stereocenters. The van der Waals surface area contributed by atoms with E-state index in [-0.39, 0.29) is 6.85 Å². The van der Waals surface area contributed by atoms with Crippen LogP contribution in [0.25, 0.3) is 33.4 Å². The number of aromatic nitrogens is 5. The van der Waals surface area contributed by atoms with E-state index in [2.05, 4.69) is 105 Å². The number of fused-ring (bicyclic) bond motifs is 6. The Balaban J connectivity index is 1.21. The van der Waals surface area contributed by atoms with Crippen molar-refractivity contribution in [1.82, 2.24) is 24.1 Å². The van der Waals surface area contributed by atoms with Crippen molar-refractivity contribution >= 4 is 45.4 Å². The Bertz CT molecular complexity index is 2110. The molecule has 8 rings (SSSR count). The maximum atomic E-state index is 6.42. The molecule has 0 fully saturated rings. The lowest BCUT2D eigenvalue weighted by Crippen LogP contribution is -2.61. The fraction of sp³-hybridized carbons (Fsp3) is 0.0882. The number of ether oxygens (including phenoxy) is 1. The quantitative estimate of drug-likeness (QED) is 0.264. The summed E-state index contributed by atoms with van der Waals surface area (Å²) in [5.41, 5.74) is 8.04. The predicted octanol–water partition coefficient (Wildman–Crippen LogP) is 5.72. The van der Waals surface area contributed by atoms with Crippen LogP contribution >= 0.6 is 0 Å². The van der Waals surface area contributed by atoms with Crippen molar-refractivity contribution in [2.75, 3.05) is 11.9 Å². The molecule has 3 aromatic carbocycles. The van der Waals surface area contributed by atoms with Crippen LogP contribution in [0.15, 0.2) is 110 Å². The lowest BCUT2D eigenvalue weighted by molar-refractivity contribution is 0.463. The van der Waals surface area contributed by atoms with E-state index in [4.69, 9.17) is 9.72 Å². The standard InChI is InChI=1S/C34H27BN6O/c1-22-9-8-10-23(2)33(22)35-30-20-36-21-40(30)34-28(39(35)3)16-17-32(38-34)42-24-14-15-26-25-11-4-5-12-27(25)41(29(26)19-24)31-13-6-7-18-37-31/h4-21H,1-3H3. The molecule has 7 nitrogen and oxygen atoms in total. The minimum Gasteiger partial charge on any atom is -0.439 e. The van der Waals surface area contributed by atoms with Gasteiger partial charge in [0.25, 0.3) is 0 Å². The number of para-hydroxylation sites is 1. The summed E-state index contributed by atoms with van der Waals surface area (Å²) in [6.07, 6.45) is 5.60. The van der Waals surface area contributed by atoms with E-state index < -0.39 is 0 Å². The first kappa shape index (κ1) is 24.4. The Hall–Kier alpha value is -5.37. The first-order valence-electron chi connectivity index (χ1n) is 14.0. The molecule has 7 aromatic rings. The smallest absolute Gasteiger partial charge is 0.343 e. The van der Waals surface area contributed by atoms with Gasteiger partial charge in [0.1, 0.15) is 11.6 Å². The van der Waals surface area contributed by atoms with Gasteiger partial charge in [0, 0.05) is 40.9 Å². The second-order valence-electron chi connectivity index (χ2n) is 10.8. The van der Waals surface area contributed by atoms with Crippen LogP contribution in [0.1, 0.15) is 11.1 Å². The summed E-state index contributed by atoms with van der Waals surface area (Å²) in [6.45, 7) is 4.38. The molecule has 0 radical (unpaired) electrons. The number of rotatable bonds is 4. The Kier molecular flexibility index (Phi) is 5.44. The highest BCUT2D eigenvalue weighted by Gasteiger charge is 2.37. The van der Waals surface area contributed by atoms with E-state index in [1.165, 1.54) is 22.0 Å². The Morgan fingerprint density at radius 1 is 0.786 bits per heavy atom. The van der Waals surface area contributed by atoms with E-state index in [1.54, 1.807) is 0 Å². The van der Waals surface area contributed by atoms with E-state index in [0.717, 1.165) is 39.3 Å². The zero-order valence-corrected chi connectivity index (χ0v) is 23.6. The van der Waals surface area contributed by atoms with E-state index in [0.29, 0.717) is 11.6 Å². The van der Waals surface area contributed by atoms with E-state index in [9.17, 15) is 0 Å². The Morgan fingerprint density at radius 3 is 2.43 bits per heavy atom. The predicted molar refractivity (Wildman–Crippen MR) is 169 cm³/mol. The van der Waals surface area contributed by atoms with Crippen molar-refractivity contribution in [2.24, 2.45) is 0 Å². The summed E-state index contributed by atoms with van der Waals surface area (Å²) in [5, 5.41) is 2.31. The molecule has 202 valence electrons. The van der Waals surface area contributed by atoms with Crippen molar-refractivity contribution in [3.05, 3.63) is 121 Å². The highest BCUT2D eigenvalue weighted by atomic mass is 16.5. The molecular formula is C34H27BN6O. The van der Waals surface area contributed by atoms with Gasteiger partial charge < -0.3 is 9.55 Å². The Labute approximate surface area is 243 Å². The molecule has 0 N–H and O–H groups in total. The van der Waals surface area contributed by atoms with Crippen molar-refractivity contribution in [3.63, 3.8) is 0 Å². The average Bonchev–Trinajstić information content (AvgIpc) is 3.62. The lowest BCUT2D eigenvalue weighted by Gasteiger charge is -2.35. The average molecular weight is 546 g/mol. The molecule has 4 aromatic heterocycles. The molecular weight excluding hydrogens is 519 g/mol. The van der Waals surface area contributed by atoms with Gasteiger partial charge in [-0.15, -0.1) is 0 Å². The first-order valence-corrected chi connectivity index (χ1v) is 14.0. The highest BCUT2D eigenvalue weighted by molar-refractivity contribution is 6.88. The number of benzene rings is 3. The van der Waals surface area contributed by atoms with Gasteiger partial charge in [-0.25, -0.2) is 9.97 Å². The summed E-state index contributed by atoms with van der Waals surface area (Å²) >= 11 is 0. The number of anilines is 1. The van der Waals surface area contributed by atoms with Crippen LogP contribution in [0.4, 0.5) is 5.69 Å². The van der Waals surface area contributed by atoms with Crippen molar-refractivity contribution < 1.29 is 4.74 Å².